The van der Waals surface area contributed by atoms with Crippen LogP contribution in [0.1, 0.15) is 20.8 Å². The Bertz CT molecular complexity index is 185. The molecule has 0 saturated heterocycles. The largest absolute Gasteiger partial charge is 0.464 e. The third-order valence-electron chi connectivity index (χ3n) is 1.28. The number of esters is 1. The van der Waals surface area contributed by atoms with Crippen LogP contribution in [0.3, 0.4) is 0 Å². The molecule has 0 spiro atoms. The van der Waals surface area contributed by atoms with E-state index in [9.17, 15) is 4.79 Å². The third kappa shape index (κ3) is 7.33. The van der Waals surface area contributed by atoms with Crippen LogP contribution in [0.4, 0.5) is 0 Å². The van der Waals surface area contributed by atoms with Gasteiger partial charge in [-0.05, 0) is 20.8 Å². The average molecular weight is 234 g/mol. The maximum atomic E-state index is 11.3. The van der Waals surface area contributed by atoms with Crippen LogP contribution in [-0.2, 0) is 9.53 Å². The highest BCUT2D eigenvalue weighted by Crippen LogP contribution is 2.21. The fraction of sp³-hybridized carbons (Fsp3) is 0.700. The van der Waals surface area contributed by atoms with E-state index in [1.165, 1.54) is 0 Å². The molecule has 0 radical (unpaired) electrons. The lowest BCUT2D eigenvalue weighted by Crippen LogP contribution is -2.23. The normalized spacial score (nSPS) is 11.1. The minimum absolute atomic E-state index is 0.133. The molecular weight excluding hydrogens is 216 g/mol. The number of hydrogen-bond acceptors (Lipinski definition) is 4. The summed E-state index contributed by atoms with van der Waals surface area (Å²) >= 11 is 0. The van der Waals surface area contributed by atoms with Crippen LogP contribution in [-0.4, -0.2) is 24.1 Å². The maximum absolute atomic E-state index is 11.3. The fourth-order valence-electron chi connectivity index (χ4n) is 0.540. The van der Waals surface area contributed by atoms with Crippen LogP contribution in [0, 0.1) is 5.41 Å². The summed E-state index contributed by atoms with van der Waals surface area (Å²) in [5.74, 6) is 1.63. The highest BCUT2D eigenvalue weighted by Gasteiger charge is 2.22. The minimum Gasteiger partial charge on any atom is -0.464 e. The van der Waals surface area contributed by atoms with Gasteiger partial charge in [0.25, 0.3) is 0 Å². The predicted molar refractivity (Wildman–Crippen MR) is 65.5 cm³/mol. The molecule has 0 rings (SSSR count). The predicted octanol–water partition coefficient (Wildman–Crippen LogP) is 3.14. The second kappa shape index (κ2) is 7.23. The van der Waals surface area contributed by atoms with Gasteiger partial charge < -0.3 is 4.74 Å². The summed E-state index contributed by atoms with van der Waals surface area (Å²) in [6.45, 7) is 9.68. The standard InChI is InChI=1S/C10H18O2S2/c1-5-7-13-14-8-6-12-9(11)10(2,3)4/h5H,1,6-8H2,2-4H3. The molecule has 0 aromatic rings. The van der Waals surface area contributed by atoms with E-state index in [1.807, 2.05) is 26.8 Å². The van der Waals surface area contributed by atoms with E-state index < -0.39 is 0 Å². The van der Waals surface area contributed by atoms with Gasteiger partial charge in [0.15, 0.2) is 0 Å². The first-order valence-corrected chi connectivity index (χ1v) is 7.00. The summed E-state index contributed by atoms with van der Waals surface area (Å²) < 4.78 is 5.09. The lowest BCUT2D eigenvalue weighted by molar-refractivity contribution is -0.152. The highest BCUT2D eigenvalue weighted by atomic mass is 33.1. The van der Waals surface area contributed by atoms with Gasteiger partial charge in [0.2, 0.25) is 0 Å². The minimum atomic E-state index is -0.390. The summed E-state index contributed by atoms with van der Waals surface area (Å²) in [5, 5.41) is 0. The summed E-state index contributed by atoms with van der Waals surface area (Å²) in [7, 11) is 3.42. The highest BCUT2D eigenvalue weighted by molar-refractivity contribution is 8.76. The first kappa shape index (κ1) is 13.9. The summed E-state index contributed by atoms with van der Waals surface area (Å²) in [5.41, 5.74) is -0.390. The van der Waals surface area contributed by atoms with E-state index in [0.29, 0.717) is 6.61 Å². The van der Waals surface area contributed by atoms with Crippen LogP contribution in [0.15, 0.2) is 12.7 Å². The summed E-state index contributed by atoms with van der Waals surface area (Å²) in [4.78, 5) is 11.3. The van der Waals surface area contributed by atoms with Crippen molar-refractivity contribution in [2.75, 3.05) is 18.1 Å². The van der Waals surface area contributed by atoms with Crippen LogP contribution in [0.2, 0.25) is 0 Å². The Balaban J connectivity index is 3.37. The van der Waals surface area contributed by atoms with Crippen molar-refractivity contribution < 1.29 is 9.53 Å². The van der Waals surface area contributed by atoms with Gasteiger partial charge in [0.1, 0.15) is 6.61 Å². The molecule has 0 aliphatic rings. The van der Waals surface area contributed by atoms with Crippen molar-refractivity contribution in [3.63, 3.8) is 0 Å². The van der Waals surface area contributed by atoms with Gasteiger partial charge >= 0.3 is 5.97 Å². The van der Waals surface area contributed by atoms with Gasteiger partial charge in [-0.3, -0.25) is 4.79 Å². The van der Waals surface area contributed by atoms with E-state index in [1.54, 1.807) is 21.6 Å². The zero-order valence-corrected chi connectivity index (χ0v) is 10.7. The number of rotatable bonds is 6. The summed E-state index contributed by atoms with van der Waals surface area (Å²) in [6, 6.07) is 0. The maximum Gasteiger partial charge on any atom is 0.311 e. The van der Waals surface area contributed by atoms with Crippen LogP contribution in [0.5, 0.6) is 0 Å². The van der Waals surface area contributed by atoms with Crippen molar-refractivity contribution in [1.29, 1.82) is 0 Å². The molecule has 2 nitrogen and oxygen atoms in total. The van der Waals surface area contributed by atoms with E-state index in [0.717, 1.165) is 11.5 Å². The number of carbonyl (C=O) groups excluding carboxylic acids is 1. The molecule has 14 heavy (non-hydrogen) atoms. The molecule has 0 unspecified atom stereocenters. The van der Waals surface area contributed by atoms with Gasteiger partial charge in [-0.1, -0.05) is 27.7 Å². The monoisotopic (exact) mass is 234 g/mol. The van der Waals surface area contributed by atoms with Crippen LogP contribution < -0.4 is 0 Å². The molecule has 82 valence electrons. The molecule has 0 atom stereocenters. The van der Waals surface area contributed by atoms with E-state index in [2.05, 4.69) is 6.58 Å². The molecule has 4 heteroatoms. The number of carbonyl (C=O) groups is 1. The van der Waals surface area contributed by atoms with E-state index in [-0.39, 0.29) is 11.4 Å². The third-order valence-corrected chi connectivity index (χ3v) is 3.56. The zero-order chi connectivity index (χ0) is 11.0. The Morgan fingerprint density at radius 2 is 2.07 bits per heavy atom. The van der Waals surface area contributed by atoms with Gasteiger partial charge in [-0.15, -0.1) is 6.58 Å². The molecule has 0 aromatic heterocycles. The lowest BCUT2D eigenvalue weighted by atomic mass is 9.97. The van der Waals surface area contributed by atoms with Gasteiger partial charge in [-0.25, -0.2) is 0 Å². The van der Waals surface area contributed by atoms with E-state index >= 15 is 0 Å². The van der Waals surface area contributed by atoms with Crippen molar-refractivity contribution in [1.82, 2.24) is 0 Å². The molecule has 0 fully saturated rings. The molecule has 0 saturated carbocycles. The Morgan fingerprint density at radius 1 is 1.43 bits per heavy atom. The van der Waals surface area contributed by atoms with Gasteiger partial charge in [-0.2, -0.15) is 0 Å². The average Bonchev–Trinajstić information content (AvgIpc) is 2.09. The molecule has 0 aliphatic carbocycles. The SMILES string of the molecule is C=CCSSCCOC(=O)C(C)(C)C. The topological polar surface area (TPSA) is 26.3 Å². The molecule has 0 heterocycles. The molecule has 0 N–H and O–H groups in total. The Kier molecular flexibility index (Phi) is 7.19. The number of hydrogen-bond donors (Lipinski definition) is 0. The first-order chi connectivity index (χ1) is 6.48. The Hall–Kier alpha value is -0.0900. The van der Waals surface area contributed by atoms with Crippen molar-refractivity contribution in [3.05, 3.63) is 12.7 Å². The molecule has 0 aromatic carbocycles. The molecule has 0 aliphatic heterocycles. The van der Waals surface area contributed by atoms with Crippen LogP contribution >= 0.6 is 21.6 Å². The lowest BCUT2D eigenvalue weighted by Gasteiger charge is -2.16. The van der Waals surface area contributed by atoms with Crippen LogP contribution in [0.25, 0.3) is 0 Å². The smallest absolute Gasteiger partial charge is 0.311 e. The Morgan fingerprint density at radius 3 is 2.57 bits per heavy atom. The van der Waals surface area contributed by atoms with Gasteiger partial charge in [0, 0.05) is 11.5 Å². The molecular formula is C10H18O2S2. The fourth-order valence-corrected chi connectivity index (χ4v) is 2.14. The Labute approximate surface area is 94.3 Å². The second-order valence-corrected chi connectivity index (χ2v) is 6.41. The van der Waals surface area contributed by atoms with Crippen molar-refractivity contribution >= 4 is 27.6 Å². The first-order valence-electron chi connectivity index (χ1n) is 4.51. The summed E-state index contributed by atoms with van der Waals surface area (Å²) in [6.07, 6.45) is 1.86. The molecule has 0 amide bonds. The van der Waals surface area contributed by atoms with Crippen molar-refractivity contribution in [2.24, 2.45) is 5.41 Å². The quantitative estimate of drug-likeness (QED) is 0.305. The molecule has 0 bridgehead atoms. The van der Waals surface area contributed by atoms with Gasteiger partial charge in [0.05, 0.1) is 5.41 Å². The number of ether oxygens (including phenoxy) is 1. The second-order valence-electron chi connectivity index (χ2n) is 3.78. The zero-order valence-electron chi connectivity index (χ0n) is 9.04. The van der Waals surface area contributed by atoms with Crippen molar-refractivity contribution in [2.45, 2.75) is 20.8 Å². The van der Waals surface area contributed by atoms with E-state index in [4.69, 9.17) is 4.74 Å². The van der Waals surface area contributed by atoms with Crippen molar-refractivity contribution in [3.8, 4) is 0 Å².